The number of aliphatic hydroxyl groups excluding tert-OH is 1. The zero-order valence-electron chi connectivity index (χ0n) is 7.89. The van der Waals surface area contributed by atoms with Crippen LogP contribution in [0.1, 0.15) is 32.6 Å². The smallest absolute Gasteiger partial charge is 0.296 e. The number of amides is 1. The van der Waals surface area contributed by atoms with E-state index in [2.05, 4.69) is 17.2 Å². The first-order chi connectivity index (χ1) is 6.22. The van der Waals surface area contributed by atoms with Crippen LogP contribution >= 0.6 is 0 Å². The Labute approximate surface area is 78.5 Å². The van der Waals surface area contributed by atoms with Crippen LogP contribution in [0, 0.1) is 11.8 Å². The molecule has 0 spiro atoms. The van der Waals surface area contributed by atoms with Crippen LogP contribution in [0.3, 0.4) is 0 Å². The third-order valence-corrected chi connectivity index (χ3v) is 2.48. The van der Waals surface area contributed by atoms with E-state index < -0.39 is 0 Å². The minimum Gasteiger partial charge on any atom is -0.394 e. The lowest BCUT2D eigenvalue weighted by Gasteiger charge is -2.26. The summed E-state index contributed by atoms with van der Waals surface area (Å²) in [6.07, 6.45) is 3.86. The largest absolute Gasteiger partial charge is 0.394 e. The van der Waals surface area contributed by atoms with Gasteiger partial charge in [-0.05, 0) is 25.7 Å². The second kappa shape index (κ2) is 4.29. The molecule has 0 aromatic rings. The molecule has 1 amide bonds. The van der Waals surface area contributed by atoms with E-state index in [-0.39, 0.29) is 18.1 Å². The van der Waals surface area contributed by atoms with Gasteiger partial charge >= 0.3 is 0 Å². The van der Waals surface area contributed by atoms with Gasteiger partial charge in [0.2, 0.25) is 0 Å². The molecule has 0 saturated heterocycles. The Morgan fingerprint density at radius 2 is 2.15 bits per heavy atom. The highest BCUT2D eigenvalue weighted by atomic mass is 16.3. The monoisotopic (exact) mass is 181 g/mol. The van der Waals surface area contributed by atoms with Gasteiger partial charge in [-0.2, -0.15) is 0 Å². The number of carbonyl (C=O) groups excluding carboxylic acids is 1. The Balaban J connectivity index is 2.56. The predicted octanol–water partition coefficient (Wildman–Crippen LogP) is 0.431. The predicted molar refractivity (Wildman–Crippen MR) is 49.9 cm³/mol. The molecular weight excluding hydrogens is 166 g/mol. The van der Waals surface area contributed by atoms with Crippen molar-refractivity contribution in [1.82, 2.24) is 5.32 Å². The van der Waals surface area contributed by atoms with E-state index in [0.29, 0.717) is 0 Å². The van der Waals surface area contributed by atoms with Gasteiger partial charge in [-0.1, -0.05) is 18.8 Å². The van der Waals surface area contributed by atoms with Gasteiger partial charge in [0.05, 0.1) is 12.1 Å². The molecule has 0 bridgehead atoms. The molecule has 3 heteroatoms. The van der Waals surface area contributed by atoms with Gasteiger partial charge in [-0.25, -0.2) is 0 Å². The Morgan fingerprint density at radius 3 is 2.62 bits per heavy atom. The summed E-state index contributed by atoms with van der Waals surface area (Å²) in [4.78, 5) is 11.2. The van der Waals surface area contributed by atoms with Crippen molar-refractivity contribution in [2.75, 3.05) is 6.61 Å². The molecule has 1 rings (SSSR count). The van der Waals surface area contributed by atoms with Crippen molar-refractivity contribution in [2.24, 2.45) is 0 Å². The summed E-state index contributed by atoms with van der Waals surface area (Å²) in [5, 5.41) is 12.0. The summed E-state index contributed by atoms with van der Waals surface area (Å²) in [5.74, 6) is 4.68. The maximum atomic E-state index is 11.2. The van der Waals surface area contributed by atoms with E-state index in [0.717, 1.165) is 25.7 Å². The van der Waals surface area contributed by atoms with Crippen LogP contribution in [0.4, 0.5) is 0 Å². The Hall–Kier alpha value is -1.01. The number of hydrogen-bond acceptors (Lipinski definition) is 2. The van der Waals surface area contributed by atoms with Crippen LogP contribution in [0.5, 0.6) is 0 Å². The molecule has 0 atom stereocenters. The van der Waals surface area contributed by atoms with Gasteiger partial charge < -0.3 is 10.4 Å². The van der Waals surface area contributed by atoms with E-state index in [1.165, 1.54) is 0 Å². The highest BCUT2D eigenvalue weighted by Gasteiger charge is 2.34. The molecule has 1 aliphatic carbocycles. The topological polar surface area (TPSA) is 49.3 Å². The molecule has 0 radical (unpaired) electrons. The SMILES string of the molecule is CC#CC(=O)NC1(CO)CCCC1. The van der Waals surface area contributed by atoms with Gasteiger partial charge in [0.25, 0.3) is 5.91 Å². The van der Waals surface area contributed by atoms with E-state index >= 15 is 0 Å². The molecule has 0 aromatic carbocycles. The molecule has 1 saturated carbocycles. The standard InChI is InChI=1S/C10H15NO2/c1-2-5-9(13)11-10(8-12)6-3-4-7-10/h12H,3-4,6-8H2,1H3,(H,11,13). The molecule has 0 heterocycles. The fourth-order valence-electron chi connectivity index (χ4n) is 1.76. The number of nitrogens with one attached hydrogen (secondary N) is 1. The van der Waals surface area contributed by atoms with E-state index in [9.17, 15) is 9.90 Å². The van der Waals surface area contributed by atoms with Gasteiger partial charge in [-0.15, -0.1) is 0 Å². The number of rotatable bonds is 2. The molecule has 0 aromatic heterocycles. The summed E-state index contributed by atoms with van der Waals surface area (Å²) in [6.45, 7) is 1.64. The molecular formula is C10H15NO2. The lowest BCUT2D eigenvalue weighted by atomic mass is 9.99. The van der Waals surface area contributed by atoms with Crippen molar-refractivity contribution in [1.29, 1.82) is 0 Å². The average Bonchev–Trinajstić information content (AvgIpc) is 2.54. The van der Waals surface area contributed by atoms with Crippen LogP contribution in [-0.4, -0.2) is 23.2 Å². The first-order valence-electron chi connectivity index (χ1n) is 4.58. The maximum Gasteiger partial charge on any atom is 0.296 e. The van der Waals surface area contributed by atoms with Crippen molar-refractivity contribution in [3.63, 3.8) is 0 Å². The van der Waals surface area contributed by atoms with Crippen molar-refractivity contribution in [2.45, 2.75) is 38.1 Å². The van der Waals surface area contributed by atoms with Crippen LogP contribution in [0.2, 0.25) is 0 Å². The highest BCUT2D eigenvalue weighted by Crippen LogP contribution is 2.28. The fourth-order valence-corrected chi connectivity index (χ4v) is 1.76. The molecule has 13 heavy (non-hydrogen) atoms. The summed E-state index contributed by atoms with van der Waals surface area (Å²) in [5.41, 5.74) is -0.388. The van der Waals surface area contributed by atoms with Gasteiger partial charge in [0.15, 0.2) is 0 Å². The average molecular weight is 181 g/mol. The molecule has 2 N–H and O–H groups in total. The van der Waals surface area contributed by atoms with Crippen LogP contribution in [0.15, 0.2) is 0 Å². The van der Waals surface area contributed by atoms with Crippen molar-refractivity contribution in [3.05, 3.63) is 0 Å². The summed E-state index contributed by atoms with van der Waals surface area (Å²) >= 11 is 0. The highest BCUT2D eigenvalue weighted by molar-refractivity contribution is 5.93. The summed E-state index contributed by atoms with van der Waals surface area (Å²) in [6, 6.07) is 0. The molecule has 0 aliphatic heterocycles. The number of aliphatic hydroxyl groups is 1. The van der Waals surface area contributed by atoms with Crippen molar-refractivity contribution >= 4 is 5.91 Å². The Morgan fingerprint density at radius 1 is 1.54 bits per heavy atom. The third-order valence-electron chi connectivity index (χ3n) is 2.48. The first kappa shape index (κ1) is 10.1. The quantitative estimate of drug-likeness (QED) is 0.607. The van der Waals surface area contributed by atoms with Crippen molar-refractivity contribution < 1.29 is 9.90 Å². The second-order valence-corrected chi connectivity index (χ2v) is 3.47. The van der Waals surface area contributed by atoms with Gasteiger partial charge in [-0.3, -0.25) is 4.79 Å². The summed E-state index contributed by atoms with van der Waals surface area (Å²) in [7, 11) is 0. The van der Waals surface area contributed by atoms with Crippen LogP contribution in [0.25, 0.3) is 0 Å². The second-order valence-electron chi connectivity index (χ2n) is 3.47. The molecule has 1 aliphatic rings. The van der Waals surface area contributed by atoms with Crippen molar-refractivity contribution in [3.8, 4) is 11.8 Å². The van der Waals surface area contributed by atoms with Crippen LogP contribution in [-0.2, 0) is 4.79 Å². The molecule has 1 fully saturated rings. The van der Waals surface area contributed by atoms with E-state index in [4.69, 9.17) is 0 Å². The molecule has 3 nitrogen and oxygen atoms in total. The van der Waals surface area contributed by atoms with E-state index in [1.54, 1.807) is 6.92 Å². The van der Waals surface area contributed by atoms with Crippen LogP contribution < -0.4 is 5.32 Å². The number of hydrogen-bond donors (Lipinski definition) is 2. The third kappa shape index (κ3) is 2.46. The minimum absolute atomic E-state index is 0.0180. The molecule has 72 valence electrons. The fraction of sp³-hybridized carbons (Fsp3) is 0.700. The lowest BCUT2D eigenvalue weighted by Crippen LogP contribution is -2.48. The molecule has 0 unspecified atom stereocenters. The lowest BCUT2D eigenvalue weighted by molar-refractivity contribution is -0.118. The van der Waals surface area contributed by atoms with Gasteiger partial charge in [0.1, 0.15) is 0 Å². The maximum absolute atomic E-state index is 11.2. The number of carbonyl (C=O) groups is 1. The first-order valence-corrected chi connectivity index (χ1v) is 4.58. The zero-order valence-corrected chi connectivity index (χ0v) is 7.89. The Bertz CT molecular complexity index is 243. The Kier molecular flexibility index (Phi) is 3.32. The minimum atomic E-state index is -0.388. The summed E-state index contributed by atoms with van der Waals surface area (Å²) < 4.78 is 0. The van der Waals surface area contributed by atoms with Gasteiger partial charge in [0, 0.05) is 0 Å². The zero-order chi connectivity index (χ0) is 9.73. The van der Waals surface area contributed by atoms with E-state index in [1.807, 2.05) is 0 Å². The normalized spacial score (nSPS) is 18.9.